The zero-order chi connectivity index (χ0) is 21.7. The van der Waals surface area contributed by atoms with E-state index in [1.54, 1.807) is 17.0 Å². The maximum absolute atomic E-state index is 13.1. The van der Waals surface area contributed by atoms with Gasteiger partial charge in [0.2, 0.25) is 15.9 Å². The number of benzene rings is 2. The number of sulfonamides is 1. The molecule has 158 valence electrons. The van der Waals surface area contributed by atoms with Crippen LogP contribution in [0.15, 0.2) is 53.4 Å². The highest BCUT2D eigenvalue weighted by Crippen LogP contribution is 2.18. The van der Waals surface area contributed by atoms with Gasteiger partial charge in [-0.15, -0.1) is 0 Å². The number of nitrogens with zero attached hydrogens (tertiary/aromatic N) is 4. The van der Waals surface area contributed by atoms with Crippen molar-refractivity contribution in [2.45, 2.75) is 11.3 Å². The van der Waals surface area contributed by atoms with Crippen molar-refractivity contribution < 1.29 is 17.6 Å². The SMILES string of the molecule is CN(CC(=O)N1CCCN(c2ccc(C#N)cc2)CC1)S(=O)(=O)c1ccc(F)cc1. The third kappa shape index (κ3) is 4.96. The second kappa shape index (κ2) is 9.24. The summed E-state index contributed by atoms with van der Waals surface area (Å²) in [4.78, 5) is 16.5. The Hall–Kier alpha value is -2.96. The average molecular weight is 431 g/mol. The molecule has 1 heterocycles. The van der Waals surface area contributed by atoms with E-state index < -0.39 is 15.8 Å². The van der Waals surface area contributed by atoms with Gasteiger partial charge in [0.15, 0.2) is 0 Å². The highest BCUT2D eigenvalue weighted by atomic mass is 32.2. The van der Waals surface area contributed by atoms with Crippen molar-refractivity contribution >= 4 is 21.6 Å². The number of halogens is 1. The van der Waals surface area contributed by atoms with Gasteiger partial charge in [-0.05, 0) is 55.0 Å². The normalized spacial score (nSPS) is 15.0. The number of carbonyl (C=O) groups is 1. The highest BCUT2D eigenvalue weighted by molar-refractivity contribution is 7.89. The Morgan fingerprint density at radius 3 is 2.37 bits per heavy atom. The van der Waals surface area contributed by atoms with Gasteiger partial charge in [-0.2, -0.15) is 9.57 Å². The van der Waals surface area contributed by atoms with E-state index in [1.807, 2.05) is 12.1 Å². The summed E-state index contributed by atoms with van der Waals surface area (Å²) in [5.41, 5.74) is 1.58. The summed E-state index contributed by atoms with van der Waals surface area (Å²) in [5.74, 6) is -0.797. The van der Waals surface area contributed by atoms with Crippen molar-refractivity contribution in [1.82, 2.24) is 9.21 Å². The minimum Gasteiger partial charge on any atom is -0.370 e. The number of nitriles is 1. The molecule has 30 heavy (non-hydrogen) atoms. The van der Waals surface area contributed by atoms with Crippen LogP contribution in [0.2, 0.25) is 0 Å². The van der Waals surface area contributed by atoms with Gasteiger partial charge < -0.3 is 9.80 Å². The molecule has 0 unspecified atom stereocenters. The minimum absolute atomic E-state index is 0.0537. The Morgan fingerprint density at radius 2 is 1.73 bits per heavy atom. The van der Waals surface area contributed by atoms with Crippen LogP contribution in [0.5, 0.6) is 0 Å². The molecule has 1 fully saturated rings. The van der Waals surface area contributed by atoms with Gasteiger partial charge in [-0.25, -0.2) is 12.8 Å². The van der Waals surface area contributed by atoms with Crippen LogP contribution in [0.4, 0.5) is 10.1 Å². The van der Waals surface area contributed by atoms with Crippen LogP contribution in [0.3, 0.4) is 0 Å². The Labute approximate surface area is 176 Å². The number of rotatable bonds is 5. The molecule has 0 spiro atoms. The zero-order valence-electron chi connectivity index (χ0n) is 16.7. The molecule has 0 radical (unpaired) electrons. The van der Waals surface area contributed by atoms with Gasteiger partial charge in [0.25, 0.3) is 0 Å². The second-order valence-electron chi connectivity index (χ2n) is 7.10. The first-order valence-corrected chi connectivity index (χ1v) is 11.0. The van der Waals surface area contributed by atoms with E-state index >= 15 is 0 Å². The Morgan fingerprint density at radius 1 is 1.07 bits per heavy atom. The molecule has 2 aromatic rings. The maximum atomic E-state index is 13.1. The molecule has 1 saturated heterocycles. The monoisotopic (exact) mass is 430 g/mol. The van der Waals surface area contributed by atoms with E-state index in [-0.39, 0.29) is 17.3 Å². The molecule has 0 saturated carbocycles. The fraction of sp³-hybridized carbons (Fsp3) is 0.333. The lowest BCUT2D eigenvalue weighted by Gasteiger charge is -2.25. The number of anilines is 1. The summed E-state index contributed by atoms with van der Waals surface area (Å²) in [6.45, 7) is 2.11. The van der Waals surface area contributed by atoms with Gasteiger partial charge in [0.05, 0.1) is 23.1 Å². The van der Waals surface area contributed by atoms with E-state index in [2.05, 4.69) is 11.0 Å². The molecule has 1 aliphatic rings. The third-order valence-electron chi connectivity index (χ3n) is 5.09. The fourth-order valence-electron chi connectivity index (χ4n) is 3.33. The second-order valence-corrected chi connectivity index (χ2v) is 9.14. The molecular weight excluding hydrogens is 407 g/mol. The first-order valence-electron chi connectivity index (χ1n) is 9.56. The molecule has 0 atom stereocenters. The lowest BCUT2D eigenvalue weighted by molar-refractivity contribution is -0.131. The highest BCUT2D eigenvalue weighted by Gasteiger charge is 2.26. The molecule has 1 aliphatic heterocycles. The van der Waals surface area contributed by atoms with Crippen molar-refractivity contribution in [1.29, 1.82) is 5.26 Å². The zero-order valence-corrected chi connectivity index (χ0v) is 17.5. The summed E-state index contributed by atoms with van der Waals surface area (Å²) in [6, 6.07) is 13.9. The largest absolute Gasteiger partial charge is 0.370 e. The first-order chi connectivity index (χ1) is 14.3. The summed E-state index contributed by atoms with van der Waals surface area (Å²) in [7, 11) is -2.53. The van der Waals surface area contributed by atoms with Crippen LogP contribution >= 0.6 is 0 Å². The summed E-state index contributed by atoms with van der Waals surface area (Å²) < 4.78 is 39.3. The van der Waals surface area contributed by atoms with Crippen molar-refractivity contribution in [3.8, 4) is 6.07 Å². The van der Waals surface area contributed by atoms with Gasteiger partial charge in [0.1, 0.15) is 5.82 Å². The van der Waals surface area contributed by atoms with Crippen LogP contribution in [-0.4, -0.2) is 63.3 Å². The van der Waals surface area contributed by atoms with Crippen LogP contribution in [-0.2, 0) is 14.8 Å². The number of hydrogen-bond donors (Lipinski definition) is 0. The van der Waals surface area contributed by atoms with E-state index in [4.69, 9.17) is 5.26 Å². The maximum Gasteiger partial charge on any atom is 0.243 e. The first kappa shape index (κ1) is 21.7. The molecule has 0 N–H and O–H groups in total. The van der Waals surface area contributed by atoms with Crippen LogP contribution in [0, 0.1) is 17.1 Å². The lowest BCUT2D eigenvalue weighted by atomic mass is 10.2. The van der Waals surface area contributed by atoms with Gasteiger partial charge in [-0.3, -0.25) is 4.79 Å². The van der Waals surface area contributed by atoms with E-state index in [0.29, 0.717) is 25.2 Å². The Kier molecular flexibility index (Phi) is 6.70. The summed E-state index contributed by atoms with van der Waals surface area (Å²) >= 11 is 0. The van der Waals surface area contributed by atoms with Gasteiger partial charge in [-0.1, -0.05) is 0 Å². The molecule has 0 bridgehead atoms. The predicted molar refractivity (Wildman–Crippen MR) is 111 cm³/mol. The molecule has 0 aliphatic carbocycles. The smallest absolute Gasteiger partial charge is 0.243 e. The van der Waals surface area contributed by atoms with Crippen molar-refractivity contribution in [2.24, 2.45) is 0 Å². The topological polar surface area (TPSA) is 84.7 Å². The number of carbonyl (C=O) groups excluding carboxylic acids is 1. The van der Waals surface area contributed by atoms with E-state index in [9.17, 15) is 17.6 Å². The summed E-state index contributed by atoms with van der Waals surface area (Å²) in [6.07, 6.45) is 0.750. The van der Waals surface area contributed by atoms with Gasteiger partial charge in [0, 0.05) is 38.9 Å². The van der Waals surface area contributed by atoms with Crippen molar-refractivity contribution in [3.63, 3.8) is 0 Å². The van der Waals surface area contributed by atoms with Crippen LogP contribution in [0.1, 0.15) is 12.0 Å². The van der Waals surface area contributed by atoms with E-state index in [0.717, 1.165) is 35.1 Å². The number of amides is 1. The van der Waals surface area contributed by atoms with Crippen molar-refractivity contribution in [2.75, 3.05) is 44.7 Å². The summed E-state index contributed by atoms with van der Waals surface area (Å²) in [5, 5.41) is 8.92. The third-order valence-corrected chi connectivity index (χ3v) is 6.91. The van der Waals surface area contributed by atoms with Crippen molar-refractivity contribution in [3.05, 3.63) is 59.9 Å². The quantitative estimate of drug-likeness (QED) is 0.725. The molecule has 9 heteroatoms. The molecule has 2 aromatic carbocycles. The number of likely N-dealkylation sites (N-methyl/N-ethyl adjacent to an activating group) is 1. The molecule has 7 nitrogen and oxygen atoms in total. The molecule has 0 aromatic heterocycles. The number of hydrogen-bond acceptors (Lipinski definition) is 5. The van der Waals surface area contributed by atoms with Crippen LogP contribution < -0.4 is 4.90 Å². The van der Waals surface area contributed by atoms with Gasteiger partial charge >= 0.3 is 0 Å². The average Bonchev–Trinajstić information content (AvgIpc) is 3.00. The minimum atomic E-state index is -3.88. The molecule has 1 amide bonds. The standard InChI is InChI=1S/C21H23FN4O3S/c1-24(30(28,29)20-9-5-18(22)6-10-20)16-21(27)26-12-2-11-25(13-14-26)19-7-3-17(15-23)4-8-19/h3-10H,2,11-14,16H2,1H3. The Bertz CT molecular complexity index is 1030. The van der Waals surface area contributed by atoms with Crippen LogP contribution in [0.25, 0.3) is 0 Å². The lowest BCUT2D eigenvalue weighted by Crippen LogP contribution is -2.42. The Balaban J connectivity index is 1.61. The molecular formula is C21H23FN4O3S. The predicted octanol–water partition coefficient (Wildman–Crippen LogP) is 2.06. The van der Waals surface area contributed by atoms with E-state index in [1.165, 1.54) is 19.2 Å². The molecule has 3 rings (SSSR count). The fourth-order valence-corrected chi connectivity index (χ4v) is 4.45.